The van der Waals surface area contributed by atoms with Gasteiger partial charge in [0.25, 0.3) is 0 Å². The number of phenols is 1. The van der Waals surface area contributed by atoms with Gasteiger partial charge in [-0.25, -0.2) is 4.98 Å². The van der Waals surface area contributed by atoms with Crippen LogP contribution in [0.3, 0.4) is 0 Å². The van der Waals surface area contributed by atoms with Gasteiger partial charge in [0.05, 0.1) is 24.0 Å². The van der Waals surface area contributed by atoms with E-state index in [0.29, 0.717) is 45.3 Å². The predicted molar refractivity (Wildman–Crippen MR) is 104 cm³/mol. The van der Waals surface area contributed by atoms with Crippen LogP contribution in [-0.2, 0) is 28.0 Å². The second-order valence-electron chi connectivity index (χ2n) is 7.63. The van der Waals surface area contributed by atoms with Crippen molar-refractivity contribution in [2.24, 2.45) is 0 Å². The molecule has 148 valence electrons. The lowest BCUT2D eigenvalue weighted by Gasteiger charge is -2.50. The molecule has 0 atom stereocenters. The van der Waals surface area contributed by atoms with Gasteiger partial charge in [-0.15, -0.1) is 0 Å². The molecule has 4 rings (SSSR count). The second-order valence-corrected chi connectivity index (χ2v) is 7.63. The number of amides is 2. The van der Waals surface area contributed by atoms with Crippen LogP contribution in [0.5, 0.6) is 5.75 Å². The van der Waals surface area contributed by atoms with E-state index in [0.717, 1.165) is 23.4 Å². The molecular weight excluding hydrogens is 356 g/mol. The third-order valence-electron chi connectivity index (χ3n) is 6.10. The van der Waals surface area contributed by atoms with Crippen LogP contribution < -0.4 is 0 Å². The summed E-state index contributed by atoms with van der Waals surface area (Å²) in [6, 6.07) is 6.75. The zero-order valence-electron chi connectivity index (χ0n) is 16.1. The maximum absolute atomic E-state index is 12.8. The Bertz CT molecular complexity index is 866. The fraction of sp³-hybridized carbons (Fsp3) is 0.476. The van der Waals surface area contributed by atoms with E-state index >= 15 is 0 Å². The normalized spacial score (nSPS) is 18.2. The third-order valence-corrected chi connectivity index (χ3v) is 6.10. The van der Waals surface area contributed by atoms with Crippen molar-refractivity contribution < 1.29 is 14.7 Å². The Hall–Kier alpha value is -2.83. The Balaban J connectivity index is 1.50. The van der Waals surface area contributed by atoms with Gasteiger partial charge < -0.3 is 19.9 Å². The molecule has 1 aromatic carbocycles. The fourth-order valence-corrected chi connectivity index (χ4v) is 4.57. The summed E-state index contributed by atoms with van der Waals surface area (Å²) < 4.78 is 0. The Labute approximate surface area is 164 Å². The highest BCUT2D eigenvalue weighted by atomic mass is 16.3. The van der Waals surface area contributed by atoms with Crippen LogP contribution in [0.25, 0.3) is 0 Å². The molecule has 0 bridgehead atoms. The molecule has 2 aromatic rings. The summed E-state index contributed by atoms with van der Waals surface area (Å²) >= 11 is 0. The maximum Gasteiger partial charge on any atom is 0.226 e. The number of carbonyl (C=O) groups excluding carboxylic acids is 2. The van der Waals surface area contributed by atoms with Crippen LogP contribution in [0, 0.1) is 0 Å². The lowest BCUT2D eigenvalue weighted by Crippen LogP contribution is -2.58. The molecule has 0 aliphatic carbocycles. The minimum Gasteiger partial charge on any atom is -0.508 e. The van der Waals surface area contributed by atoms with E-state index in [1.54, 1.807) is 30.6 Å². The van der Waals surface area contributed by atoms with E-state index in [-0.39, 0.29) is 17.6 Å². The summed E-state index contributed by atoms with van der Waals surface area (Å²) in [5.74, 6) is 0.424. The number of likely N-dealkylation sites (tertiary alicyclic amines) is 1. The van der Waals surface area contributed by atoms with Gasteiger partial charge in [0.1, 0.15) is 5.75 Å². The van der Waals surface area contributed by atoms with E-state index in [9.17, 15) is 14.7 Å². The average molecular weight is 382 g/mol. The zero-order valence-corrected chi connectivity index (χ0v) is 16.1. The number of H-pyrrole nitrogens is 1. The Morgan fingerprint density at radius 2 is 1.86 bits per heavy atom. The number of phenolic OH excluding ortho intramolecular Hbond substituents is 1. The molecule has 1 fully saturated rings. The van der Waals surface area contributed by atoms with Crippen molar-refractivity contribution in [2.75, 3.05) is 19.6 Å². The highest BCUT2D eigenvalue weighted by Gasteiger charge is 2.48. The van der Waals surface area contributed by atoms with Crippen molar-refractivity contribution in [1.29, 1.82) is 0 Å². The van der Waals surface area contributed by atoms with Crippen molar-refractivity contribution in [1.82, 2.24) is 19.8 Å². The van der Waals surface area contributed by atoms with E-state index in [1.165, 1.54) is 0 Å². The summed E-state index contributed by atoms with van der Waals surface area (Å²) in [6.45, 7) is 3.81. The van der Waals surface area contributed by atoms with Gasteiger partial charge in [-0.2, -0.15) is 0 Å². The number of aromatic amines is 1. The molecule has 2 aliphatic heterocycles. The smallest absolute Gasteiger partial charge is 0.226 e. The average Bonchev–Trinajstić information content (AvgIpc) is 3.20. The monoisotopic (exact) mass is 382 g/mol. The van der Waals surface area contributed by atoms with Crippen molar-refractivity contribution in [3.8, 4) is 5.75 Å². The van der Waals surface area contributed by atoms with E-state index in [2.05, 4.69) is 9.97 Å². The number of fused-ring (bicyclic) bond motifs is 2. The first-order valence-electron chi connectivity index (χ1n) is 9.92. The van der Waals surface area contributed by atoms with Gasteiger partial charge >= 0.3 is 0 Å². The quantitative estimate of drug-likeness (QED) is 0.849. The van der Waals surface area contributed by atoms with Crippen LogP contribution in [-0.4, -0.2) is 56.3 Å². The number of benzene rings is 1. The van der Waals surface area contributed by atoms with Gasteiger partial charge in [-0.3, -0.25) is 9.59 Å². The maximum atomic E-state index is 12.8. The highest BCUT2D eigenvalue weighted by Crippen LogP contribution is 2.42. The first-order chi connectivity index (χ1) is 13.5. The molecule has 1 spiro atoms. The zero-order chi connectivity index (χ0) is 19.7. The number of rotatable bonds is 3. The van der Waals surface area contributed by atoms with Crippen LogP contribution in [0.4, 0.5) is 0 Å². The van der Waals surface area contributed by atoms with Crippen molar-refractivity contribution in [2.45, 2.75) is 44.6 Å². The standard InChI is InChI=1S/C21H26N4O3/c1-2-18(27)25-10-7-17-20(23-14-22-17)21(25)8-11-24(12-9-21)19(28)13-15-3-5-16(26)6-4-15/h3-6,14,26H,2,7-13H2,1H3,(H,22,23). The number of carbonyl (C=O) groups is 2. The first kappa shape index (κ1) is 18.5. The molecule has 1 aromatic heterocycles. The van der Waals surface area contributed by atoms with Gasteiger partial charge in [-0.05, 0) is 30.5 Å². The minimum atomic E-state index is -0.407. The molecule has 0 saturated carbocycles. The largest absolute Gasteiger partial charge is 0.508 e. The minimum absolute atomic E-state index is 0.0759. The number of hydrogen-bond acceptors (Lipinski definition) is 4. The predicted octanol–water partition coefficient (Wildman–Crippen LogP) is 1.97. The number of nitrogens with zero attached hydrogens (tertiary/aromatic N) is 3. The molecule has 7 nitrogen and oxygen atoms in total. The summed E-state index contributed by atoms with van der Waals surface area (Å²) in [5.41, 5.74) is 2.57. The van der Waals surface area contributed by atoms with Crippen molar-refractivity contribution in [3.05, 3.63) is 47.5 Å². The van der Waals surface area contributed by atoms with Gasteiger partial charge in [0.15, 0.2) is 0 Å². The Kier molecular flexibility index (Phi) is 4.83. The number of piperidine rings is 1. The molecule has 0 unspecified atom stereocenters. The molecule has 0 radical (unpaired) electrons. The molecule has 1 saturated heterocycles. The SMILES string of the molecule is CCC(=O)N1CCc2[nH]cnc2C12CCN(C(=O)Cc1ccc(O)cc1)CC2. The summed E-state index contributed by atoms with van der Waals surface area (Å²) in [5, 5.41) is 9.40. The molecule has 2 N–H and O–H groups in total. The van der Waals surface area contributed by atoms with Crippen molar-refractivity contribution >= 4 is 11.8 Å². The molecule has 2 amide bonds. The van der Waals surface area contributed by atoms with Crippen LogP contribution >= 0.6 is 0 Å². The first-order valence-corrected chi connectivity index (χ1v) is 9.92. The number of aromatic nitrogens is 2. The number of imidazole rings is 1. The lowest BCUT2D eigenvalue weighted by atomic mass is 9.78. The summed E-state index contributed by atoms with van der Waals surface area (Å²) in [4.78, 5) is 37.1. The van der Waals surface area contributed by atoms with E-state index < -0.39 is 5.54 Å². The van der Waals surface area contributed by atoms with E-state index in [4.69, 9.17) is 0 Å². The van der Waals surface area contributed by atoms with Gasteiger partial charge in [0.2, 0.25) is 11.8 Å². The molecular formula is C21H26N4O3. The Morgan fingerprint density at radius 1 is 1.14 bits per heavy atom. The number of hydrogen-bond donors (Lipinski definition) is 2. The molecule has 2 aliphatic rings. The van der Waals surface area contributed by atoms with E-state index in [1.807, 2.05) is 16.7 Å². The molecule has 3 heterocycles. The number of nitrogens with one attached hydrogen (secondary N) is 1. The third kappa shape index (κ3) is 3.15. The lowest BCUT2D eigenvalue weighted by molar-refractivity contribution is -0.144. The van der Waals surface area contributed by atoms with Gasteiger partial charge in [0, 0.05) is 38.2 Å². The van der Waals surface area contributed by atoms with Crippen LogP contribution in [0.15, 0.2) is 30.6 Å². The highest BCUT2D eigenvalue weighted by molar-refractivity contribution is 5.79. The van der Waals surface area contributed by atoms with Crippen LogP contribution in [0.2, 0.25) is 0 Å². The topological polar surface area (TPSA) is 89.5 Å². The van der Waals surface area contributed by atoms with Crippen molar-refractivity contribution in [3.63, 3.8) is 0 Å². The summed E-state index contributed by atoms with van der Waals surface area (Å²) in [6.07, 6.45) is 4.72. The van der Waals surface area contributed by atoms with Gasteiger partial charge in [-0.1, -0.05) is 19.1 Å². The fourth-order valence-electron chi connectivity index (χ4n) is 4.57. The summed E-state index contributed by atoms with van der Waals surface area (Å²) in [7, 11) is 0. The molecule has 7 heteroatoms. The molecule has 28 heavy (non-hydrogen) atoms. The number of aromatic hydroxyl groups is 1. The van der Waals surface area contributed by atoms with Crippen LogP contribution in [0.1, 0.15) is 43.1 Å². The Morgan fingerprint density at radius 3 is 2.54 bits per heavy atom. The second kappa shape index (κ2) is 7.30.